The Kier molecular flexibility index (Phi) is 3.31. The molecule has 2 rings (SSSR count). The second-order valence-electron chi connectivity index (χ2n) is 3.88. The van der Waals surface area contributed by atoms with Gasteiger partial charge >= 0.3 is 0 Å². The van der Waals surface area contributed by atoms with Crippen LogP contribution in [0.5, 0.6) is 11.5 Å². The summed E-state index contributed by atoms with van der Waals surface area (Å²) in [6.45, 7) is 2.76. The van der Waals surface area contributed by atoms with Crippen molar-refractivity contribution in [3.8, 4) is 11.5 Å². The van der Waals surface area contributed by atoms with Gasteiger partial charge in [-0.2, -0.15) is 0 Å². The first-order valence-corrected chi connectivity index (χ1v) is 5.31. The Morgan fingerprint density at radius 3 is 3.12 bits per heavy atom. The van der Waals surface area contributed by atoms with Gasteiger partial charge in [-0.05, 0) is 19.1 Å². The zero-order valence-corrected chi connectivity index (χ0v) is 9.47. The highest BCUT2D eigenvalue weighted by Gasteiger charge is 2.22. The minimum absolute atomic E-state index is 0.0553. The van der Waals surface area contributed by atoms with Crippen LogP contribution in [-0.2, 0) is 4.74 Å². The van der Waals surface area contributed by atoms with Crippen molar-refractivity contribution in [3.05, 3.63) is 23.8 Å². The van der Waals surface area contributed by atoms with E-state index >= 15 is 0 Å². The molecule has 0 amide bonds. The molecular formula is C12H16O4. The Morgan fingerprint density at radius 2 is 2.38 bits per heavy atom. The molecule has 1 aromatic rings. The minimum atomic E-state index is -0.512. The predicted octanol–water partition coefficient (Wildman–Crippen LogP) is 1.53. The highest BCUT2D eigenvalue weighted by Crippen LogP contribution is 2.34. The number of methoxy groups -OCH3 is 1. The number of aliphatic hydroxyl groups excluding tert-OH is 1. The molecule has 88 valence electrons. The van der Waals surface area contributed by atoms with Crippen LogP contribution < -0.4 is 9.47 Å². The summed E-state index contributed by atoms with van der Waals surface area (Å²) in [5.74, 6) is 1.44. The molecule has 0 saturated heterocycles. The van der Waals surface area contributed by atoms with Crippen LogP contribution in [0.4, 0.5) is 0 Å². The lowest BCUT2D eigenvalue weighted by Crippen LogP contribution is -2.15. The molecule has 1 aliphatic rings. The van der Waals surface area contributed by atoms with E-state index in [1.54, 1.807) is 13.2 Å². The maximum atomic E-state index is 9.54. The van der Waals surface area contributed by atoms with Crippen molar-refractivity contribution in [1.82, 2.24) is 0 Å². The molecule has 2 atom stereocenters. The zero-order valence-electron chi connectivity index (χ0n) is 9.47. The second-order valence-corrected chi connectivity index (χ2v) is 3.88. The van der Waals surface area contributed by atoms with Crippen LogP contribution in [0.25, 0.3) is 0 Å². The average Bonchev–Trinajstić information content (AvgIpc) is 2.67. The van der Waals surface area contributed by atoms with Crippen molar-refractivity contribution in [2.24, 2.45) is 0 Å². The Labute approximate surface area is 94.8 Å². The zero-order chi connectivity index (χ0) is 11.5. The first-order valence-electron chi connectivity index (χ1n) is 5.31. The summed E-state index contributed by atoms with van der Waals surface area (Å²) in [7, 11) is 1.65. The summed E-state index contributed by atoms with van der Waals surface area (Å²) in [5.41, 5.74) is 0.826. The van der Waals surface area contributed by atoms with E-state index in [1.807, 2.05) is 19.1 Å². The van der Waals surface area contributed by atoms with Gasteiger partial charge in [0, 0.05) is 18.7 Å². The Morgan fingerprint density at radius 1 is 1.56 bits per heavy atom. The van der Waals surface area contributed by atoms with Crippen LogP contribution in [0.3, 0.4) is 0 Å². The van der Waals surface area contributed by atoms with Crippen LogP contribution in [-0.4, -0.2) is 31.5 Å². The topological polar surface area (TPSA) is 47.9 Å². The number of ether oxygens (including phenoxy) is 3. The molecule has 1 heterocycles. The Balaban J connectivity index is 2.02. The molecule has 1 aliphatic heterocycles. The van der Waals surface area contributed by atoms with Crippen molar-refractivity contribution in [1.29, 1.82) is 0 Å². The first kappa shape index (κ1) is 11.2. The fourth-order valence-corrected chi connectivity index (χ4v) is 1.54. The van der Waals surface area contributed by atoms with Gasteiger partial charge in [0.05, 0.1) is 6.10 Å². The molecule has 0 aromatic heterocycles. The molecule has 16 heavy (non-hydrogen) atoms. The van der Waals surface area contributed by atoms with E-state index in [-0.39, 0.29) is 6.10 Å². The third-order valence-electron chi connectivity index (χ3n) is 2.63. The number of hydrogen-bond acceptors (Lipinski definition) is 4. The van der Waals surface area contributed by atoms with Crippen LogP contribution in [0.2, 0.25) is 0 Å². The molecule has 0 fully saturated rings. The van der Waals surface area contributed by atoms with Crippen molar-refractivity contribution in [3.63, 3.8) is 0 Å². The van der Waals surface area contributed by atoms with Crippen molar-refractivity contribution >= 4 is 0 Å². The average molecular weight is 224 g/mol. The van der Waals surface area contributed by atoms with E-state index in [0.717, 1.165) is 11.3 Å². The van der Waals surface area contributed by atoms with Gasteiger partial charge < -0.3 is 19.3 Å². The second kappa shape index (κ2) is 4.72. The summed E-state index contributed by atoms with van der Waals surface area (Å²) >= 11 is 0. The summed E-state index contributed by atoms with van der Waals surface area (Å²) in [4.78, 5) is 0. The largest absolute Gasteiger partial charge is 0.491 e. The molecule has 0 bridgehead atoms. The molecule has 2 unspecified atom stereocenters. The maximum Gasteiger partial charge on any atom is 0.129 e. The van der Waals surface area contributed by atoms with Gasteiger partial charge in [0.15, 0.2) is 0 Å². The fourth-order valence-electron chi connectivity index (χ4n) is 1.54. The standard InChI is InChI=1S/C12H16O4/c1-8(14-2)6-15-9-3-4-10-11(13)7-16-12(10)5-9/h3-5,8,11,13H,6-7H2,1-2H3. The van der Waals surface area contributed by atoms with E-state index in [4.69, 9.17) is 14.2 Å². The van der Waals surface area contributed by atoms with E-state index in [9.17, 15) is 5.11 Å². The summed E-state index contributed by atoms with van der Waals surface area (Å²) < 4.78 is 15.9. The predicted molar refractivity (Wildman–Crippen MR) is 58.9 cm³/mol. The number of fused-ring (bicyclic) bond motifs is 1. The smallest absolute Gasteiger partial charge is 0.129 e. The van der Waals surface area contributed by atoms with E-state index in [1.165, 1.54) is 0 Å². The third kappa shape index (κ3) is 2.28. The number of rotatable bonds is 4. The SMILES string of the molecule is COC(C)COc1ccc2c(c1)OCC2O. The van der Waals surface area contributed by atoms with Gasteiger partial charge in [0.1, 0.15) is 30.8 Å². The highest BCUT2D eigenvalue weighted by atomic mass is 16.5. The van der Waals surface area contributed by atoms with Crippen LogP contribution in [0.15, 0.2) is 18.2 Å². The molecule has 0 spiro atoms. The lowest BCUT2D eigenvalue weighted by Gasteiger charge is -2.12. The van der Waals surface area contributed by atoms with Gasteiger partial charge in [0.2, 0.25) is 0 Å². The highest BCUT2D eigenvalue weighted by molar-refractivity contribution is 5.44. The molecule has 0 saturated carbocycles. The fraction of sp³-hybridized carbons (Fsp3) is 0.500. The lowest BCUT2D eigenvalue weighted by molar-refractivity contribution is 0.0716. The van der Waals surface area contributed by atoms with Gasteiger partial charge in [-0.15, -0.1) is 0 Å². The minimum Gasteiger partial charge on any atom is -0.491 e. The molecule has 1 N–H and O–H groups in total. The number of aliphatic hydroxyl groups is 1. The maximum absolute atomic E-state index is 9.54. The quantitative estimate of drug-likeness (QED) is 0.842. The lowest BCUT2D eigenvalue weighted by atomic mass is 10.1. The summed E-state index contributed by atoms with van der Waals surface area (Å²) in [6.07, 6.45) is -0.457. The number of benzene rings is 1. The number of hydrogen-bond donors (Lipinski definition) is 1. The van der Waals surface area contributed by atoms with Crippen molar-refractivity contribution in [2.45, 2.75) is 19.1 Å². The Hall–Kier alpha value is -1.26. The van der Waals surface area contributed by atoms with Gasteiger partial charge in [-0.25, -0.2) is 0 Å². The first-order chi connectivity index (χ1) is 7.70. The van der Waals surface area contributed by atoms with E-state index in [2.05, 4.69) is 0 Å². The van der Waals surface area contributed by atoms with E-state index < -0.39 is 6.10 Å². The van der Waals surface area contributed by atoms with Crippen molar-refractivity contribution < 1.29 is 19.3 Å². The molecule has 1 aromatic carbocycles. The van der Waals surface area contributed by atoms with Crippen LogP contribution in [0.1, 0.15) is 18.6 Å². The van der Waals surface area contributed by atoms with Gasteiger partial charge in [-0.3, -0.25) is 0 Å². The normalized spacial score (nSPS) is 20.1. The molecule has 4 heteroatoms. The molecule has 0 radical (unpaired) electrons. The summed E-state index contributed by atoms with van der Waals surface area (Å²) in [5, 5.41) is 9.54. The van der Waals surface area contributed by atoms with Gasteiger partial charge in [-0.1, -0.05) is 0 Å². The van der Waals surface area contributed by atoms with Crippen LogP contribution >= 0.6 is 0 Å². The third-order valence-corrected chi connectivity index (χ3v) is 2.63. The van der Waals surface area contributed by atoms with E-state index in [0.29, 0.717) is 19.0 Å². The van der Waals surface area contributed by atoms with Crippen LogP contribution in [0, 0.1) is 0 Å². The molecule has 4 nitrogen and oxygen atoms in total. The molecule has 0 aliphatic carbocycles. The monoisotopic (exact) mass is 224 g/mol. The summed E-state index contributed by atoms with van der Waals surface area (Å²) in [6, 6.07) is 5.47. The molecular weight excluding hydrogens is 208 g/mol. The van der Waals surface area contributed by atoms with Gasteiger partial charge in [0.25, 0.3) is 0 Å². The van der Waals surface area contributed by atoms with Crippen molar-refractivity contribution in [2.75, 3.05) is 20.3 Å². The Bertz CT molecular complexity index is 364.